The molecule has 0 saturated heterocycles. The van der Waals surface area contributed by atoms with Crippen molar-refractivity contribution in [1.29, 1.82) is 0 Å². The maximum Gasteiger partial charge on any atom is 0.122 e. The maximum atomic E-state index is 6.35. The standard InChI is InChI=1S/C17H21ClN2O/c1-11-5-7-17(21-3)13(8-11)10-16(20-19)14-6-4-12(2)9-15(14)18/h4-9,16,20H,10,19H2,1-3H3. The second-order valence-corrected chi connectivity index (χ2v) is 5.67. The first kappa shape index (κ1) is 15.8. The number of nitrogens with one attached hydrogen (secondary N) is 1. The van der Waals surface area contributed by atoms with E-state index >= 15 is 0 Å². The number of methoxy groups -OCH3 is 1. The molecule has 0 bridgehead atoms. The molecule has 0 radical (unpaired) electrons. The third-order valence-electron chi connectivity index (χ3n) is 3.59. The van der Waals surface area contributed by atoms with E-state index in [2.05, 4.69) is 18.4 Å². The van der Waals surface area contributed by atoms with Crippen molar-refractivity contribution in [3.63, 3.8) is 0 Å². The van der Waals surface area contributed by atoms with Crippen molar-refractivity contribution in [2.45, 2.75) is 26.3 Å². The van der Waals surface area contributed by atoms with Crippen LogP contribution in [-0.2, 0) is 6.42 Å². The Labute approximate surface area is 131 Å². The molecule has 0 heterocycles. The van der Waals surface area contributed by atoms with E-state index in [1.807, 2.05) is 37.3 Å². The summed E-state index contributed by atoms with van der Waals surface area (Å²) < 4.78 is 5.43. The van der Waals surface area contributed by atoms with Gasteiger partial charge in [-0.05, 0) is 49.1 Å². The Morgan fingerprint density at radius 1 is 1.14 bits per heavy atom. The molecule has 3 nitrogen and oxygen atoms in total. The van der Waals surface area contributed by atoms with Gasteiger partial charge in [0.25, 0.3) is 0 Å². The summed E-state index contributed by atoms with van der Waals surface area (Å²) >= 11 is 6.35. The summed E-state index contributed by atoms with van der Waals surface area (Å²) in [6.07, 6.45) is 0.712. The van der Waals surface area contributed by atoms with Crippen LogP contribution < -0.4 is 16.0 Å². The third kappa shape index (κ3) is 3.76. The quantitative estimate of drug-likeness (QED) is 0.654. The fourth-order valence-electron chi connectivity index (χ4n) is 2.46. The number of aryl methyl sites for hydroxylation is 2. The van der Waals surface area contributed by atoms with Crippen molar-refractivity contribution >= 4 is 11.6 Å². The molecule has 112 valence electrons. The van der Waals surface area contributed by atoms with Crippen molar-refractivity contribution < 1.29 is 4.74 Å². The number of benzene rings is 2. The lowest BCUT2D eigenvalue weighted by Crippen LogP contribution is -2.30. The molecule has 0 aliphatic rings. The second-order valence-electron chi connectivity index (χ2n) is 5.26. The smallest absolute Gasteiger partial charge is 0.122 e. The Bertz CT molecular complexity index is 628. The first-order valence-electron chi connectivity index (χ1n) is 6.91. The Morgan fingerprint density at radius 2 is 1.81 bits per heavy atom. The lowest BCUT2D eigenvalue weighted by atomic mass is 9.97. The predicted molar refractivity (Wildman–Crippen MR) is 87.7 cm³/mol. The van der Waals surface area contributed by atoms with Gasteiger partial charge in [-0.1, -0.05) is 41.4 Å². The van der Waals surface area contributed by atoms with Gasteiger partial charge in [-0.3, -0.25) is 11.3 Å². The van der Waals surface area contributed by atoms with Gasteiger partial charge in [0.1, 0.15) is 5.75 Å². The van der Waals surface area contributed by atoms with Gasteiger partial charge in [-0.15, -0.1) is 0 Å². The molecule has 0 fully saturated rings. The highest BCUT2D eigenvalue weighted by molar-refractivity contribution is 6.31. The van der Waals surface area contributed by atoms with Crippen LogP contribution in [0, 0.1) is 13.8 Å². The molecule has 0 amide bonds. The second kappa shape index (κ2) is 6.94. The minimum Gasteiger partial charge on any atom is -0.496 e. The highest BCUT2D eigenvalue weighted by atomic mass is 35.5. The van der Waals surface area contributed by atoms with Gasteiger partial charge in [-0.25, -0.2) is 0 Å². The van der Waals surface area contributed by atoms with Crippen molar-refractivity contribution in [2.75, 3.05) is 7.11 Å². The molecule has 2 aromatic rings. The molecule has 1 atom stereocenters. The molecule has 2 rings (SSSR count). The Morgan fingerprint density at radius 3 is 2.43 bits per heavy atom. The summed E-state index contributed by atoms with van der Waals surface area (Å²) in [4.78, 5) is 0. The normalized spacial score (nSPS) is 12.2. The number of ether oxygens (including phenoxy) is 1. The molecule has 21 heavy (non-hydrogen) atoms. The molecule has 3 N–H and O–H groups in total. The topological polar surface area (TPSA) is 47.3 Å². The predicted octanol–water partition coefficient (Wildman–Crippen LogP) is 3.71. The van der Waals surface area contributed by atoms with E-state index < -0.39 is 0 Å². The molecule has 4 heteroatoms. The van der Waals surface area contributed by atoms with Crippen LogP contribution >= 0.6 is 11.6 Å². The first-order chi connectivity index (χ1) is 10.0. The molecule has 0 saturated carbocycles. The molecular formula is C17H21ClN2O. The Hall–Kier alpha value is -1.55. The van der Waals surface area contributed by atoms with Gasteiger partial charge in [0.2, 0.25) is 0 Å². The molecule has 0 aromatic heterocycles. The number of halogens is 1. The summed E-state index contributed by atoms with van der Waals surface area (Å²) in [5, 5.41) is 0.726. The Balaban J connectivity index is 2.33. The lowest BCUT2D eigenvalue weighted by Gasteiger charge is -2.20. The van der Waals surface area contributed by atoms with Crippen molar-refractivity contribution in [3.05, 3.63) is 63.7 Å². The fourth-order valence-corrected chi connectivity index (χ4v) is 2.83. The number of hydrazine groups is 1. The zero-order valence-electron chi connectivity index (χ0n) is 12.6. The molecule has 0 aliphatic carbocycles. The molecule has 0 aliphatic heterocycles. The van der Waals surface area contributed by atoms with E-state index in [1.54, 1.807) is 7.11 Å². The van der Waals surface area contributed by atoms with Gasteiger partial charge >= 0.3 is 0 Å². The minimum atomic E-state index is -0.0613. The lowest BCUT2D eigenvalue weighted by molar-refractivity contribution is 0.405. The SMILES string of the molecule is COc1ccc(C)cc1CC(NN)c1ccc(C)cc1Cl. The van der Waals surface area contributed by atoms with E-state index in [0.29, 0.717) is 6.42 Å². The van der Waals surface area contributed by atoms with Crippen LogP contribution in [-0.4, -0.2) is 7.11 Å². The van der Waals surface area contributed by atoms with Crippen LogP contribution in [0.1, 0.15) is 28.3 Å². The largest absolute Gasteiger partial charge is 0.496 e. The zero-order chi connectivity index (χ0) is 15.4. The average molecular weight is 305 g/mol. The van der Waals surface area contributed by atoms with E-state index in [4.69, 9.17) is 22.2 Å². The third-order valence-corrected chi connectivity index (χ3v) is 3.92. The molecule has 0 spiro atoms. The van der Waals surface area contributed by atoms with Gasteiger partial charge in [0.05, 0.1) is 13.2 Å². The summed E-state index contributed by atoms with van der Waals surface area (Å²) in [6.45, 7) is 4.08. The van der Waals surface area contributed by atoms with E-state index in [0.717, 1.165) is 27.5 Å². The van der Waals surface area contributed by atoms with Crippen molar-refractivity contribution in [3.8, 4) is 5.75 Å². The highest BCUT2D eigenvalue weighted by Crippen LogP contribution is 2.29. The van der Waals surface area contributed by atoms with Crippen molar-refractivity contribution in [2.24, 2.45) is 5.84 Å². The number of rotatable bonds is 5. The summed E-state index contributed by atoms with van der Waals surface area (Å²) in [5.74, 6) is 6.60. The van der Waals surface area contributed by atoms with E-state index in [-0.39, 0.29) is 6.04 Å². The van der Waals surface area contributed by atoms with Crippen molar-refractivity contribution in [1.82, 2.24) is 5.43 Å². The zero-order valence-corrected chi connectivity index (χ0v) is 13.4. The van der Waals surface area contributed by atoms with Crippen LogP contribution in [0.4, 0.5) is 0 Å². The van der Waals surface area contributed by atoms with Crippen LogP contribution in [0.5, 0.6) is 5.75 Å². The van der Waals surface area contributed by atoms with Gasteiger partial charge in [-0.2, -0.15) is 0 Å². The minimum absolute atomic E-state index is 0.0613. The summed E-state index contributed by atoms with van der Waals surface area (Å²) in [5.41, 5.74) is 7.28. The van der Waals surface area contributed by atoms with Gasteiger partial charge in [0.15, 0.2) is 0 Å². The average Bonchev–Trinajstić information content (AvgIpc) is 2.45. The number of nitrogens with two attached hydrogens (primary N) is 1. The first-order valence-corrected chi connectivity index (χ1v) is 7.28. The van der Waals surface area contributed by atoms with Gasteiger partial charge in [0, 0.05) is 5.02 Å². The van der Waals surface area contributed by atoms with E-state index in [9.17, 15) is 0 Å². The number of hydrogen-bond acceptors (Lipinski definition) is 3. The monoisotopic (exact) mass is 304 g/mol. The summed E-state index contributed by atoms with van der Waals surface area (Å²) in [6, 6.07) is 12.1. The van der Waals surface area contributed by atoms with Crippen LogP contribution in [0.3, 0.4) is 0 Å². The molecule has 2 aromatic carbocycles. The van der Waals surface area contributed by atoms with E-state index in [1.165, 1.54) is 5.56 Å². The van der Waals surface area contributed by atoms with Gasteiger partial charge < -0.3 is 4.74 Å². The van der Waals surface area contributed by atoms with Crippen LogP contribution in [0.2, 0.25) is 5.02 Å². The molecular weight excluding hydrogens is 284 g/mol. The summed E-state index contributed by atoms with van der Waals surface area (Å²) in [7, 11) is 1.68. The molecule has 1 unspecified atom stereocenters. The van der Waals surface area contributed by atoms with Crippen LogP contribution in [0.15, 0.2) is 36.4 Å². The fraction of sp³-hybridized carbons (Fsp3) is 0.294. The Kier molecular flexibility index (Phi) is 5.23. The highest BCUT2D eigenvalue weighted by Gasteiger charge is 2.16. The maximum absolute atomic E-state index is 6.35. The van der Waals surface area contributed by atoms with Crippen LogP contribution in [0.25, 0.3) is 0 Å². The number of hydrogen-bond donors (Lipinski definition) is 2.